The summed E-state index contributed by atoms with van der Waals surface area (Å²) in [6.07, 6.45) is 0. The lowest BCUT2D eigenvalue weighted by Gasteiger charge is -2.09. The Morgan fingerprint density at radius 1 is 0.485 bits per heavy atom. The van der Waals surface area contributed by atoms with Crippen molar-refractivity contribution in [2.45, 2.75) is 19.6 Å². The topological polar surface area (TPSA) is 57.2 Å². The van der Waals surface area contributed by atoms with Crippen molar-refractivity contribution in [2.75, 3.05) is 0 Å². The Bertz CT molecular complexity index is 1320. The van der Waals surface area contributed by atoms with E-state index in [1.165, 1.54) is 20.8 Å². The average Bonchev–Trinajstić information content (AvgIpc) is 2.86. The number of hydrogen-bond donors (Lipinski definition) is 0. The molecule has 164 valence electrons. The molecule has 3 nitrogen and oxygen atoms in total. The summed E-state index contributed by atoms with van der Waals surface area (Å²) in [6, 6.07) is 43.7. The van der Waals surface area contributed by atoms with Crippen LogP contribution in [0.5, 0.6) is 0 Å². The van der Waals surface area contributed by atoms with Crippen molar-refractivity contribution in [3.05, 3.63) is 133 Å². The van der Waals surface area contributed by atoms with Gasteiger partial charge in [-0.25, -0.2) is 8.42 Å². The minimum atomic E-state index is -4.38. The summed E-state index contributed by atoms with van der Waals surface area (Å²) < 4.78 is 32.7. The van der Waals surface area contributed by atoms with Crippen molar-refractivity contribution < 1.29 is 13.0 Å². The van der Waals surface area contributed by atoms with Gasteiger partial charge in [0.15, 0.2) is 14.7 Å². The van der Waals surface area contributed by atoms with Gasteiger partial charge in [0, 0.05) is 0 Å². The van der Waals surface area contributed by atoms with Crippen molar-refractivity contribution in [3.63, 3.8) is 0 Å². The van der Waals surface area contributed by atoms with Gasteiger partial charge in [-0.2, -0.15) is 0 Å². The van der Waals surface area contributed by atoms with Crippen LogP contribution in [0.4, 0.5) is 0 Å². The molecule has 5 rings (SSSR count). The maximum atomic E-state index is 10.9. The average molecular weight is 471 g/mol. The molecule has 0 aliphatic heterocycles. The molecule has 0 saturated heterocycles. The first-order chi connectivity index (χ1) is 16.0. The van der Waals surface area contributed by atoms with Crippen LogP contribution in [0, 0.1) is 0 Å². The molecule has 0 fully saturated rings. The second-order valence-corrected chi connectivity index (χ2v) is 10.6. The van der Waals surface area contributed by atoms with Crippen LogP contribution in [0.15, 0.2) is 153 Å². The van der Waals surface area contributed by atoms with Gasteiger partial charge in [0.25, 0.3) is 0 Å². The van der Waals surface area contributed by atoms with Gasteiger partial charge < -0.3 is 4.55 Å². The van der Waals surface area contributed by atoms with Crippen LogP contribution in [0.1, 0.15) is 0 Å². The number of rotatable bonds is 4. The maximum Gasteiger partial charge on any atom is 0.166 e. The third-order valence-corrected chi connectivity index (χ3v) is 8.08. The van der Waals surface area contributed by atoms with Gasteiger partial charge in [-0.15, -0.1) is 0 Å². The minimum Gasteiger partial charge on any atom is -0.744 e. The highest BCUT2D eigenvalue weighted by atomic mass is 32.2. The molecule has 0 spiro atoms. The standard InChI is InChI=1S/C18H15S.C10H8O3S/c1-4-10-16(11-5-1)19(17-12-6-2-7-13-17)18-14-8-3-9-15-18;11-14(12,13)10-7-3-5-8-4-1-2-6-9(8)10/h1-15H;1-7H,(H,11,12,13)/q+1;/p-1. The quantitative estimate of drug-likeness (QED) is 0.222. The van der Waals surface area contributed by atoms with E-state index in [2.05, 4.69) is 91.0 Å². The molecule has 0 radical (unpaired) electrons. The Labute approximate surface area is 197 Å². The molecule has 0 bridgehead atoms. The highest BCUT2D eigenvalue weighted by Crippen LogP contribution is 2.30. The molecule has 5 heteroatoms. The second kappa shape index (κ2) is 10.5. The van der Waals surface area contributed by atoms with E-state index in [1.807, 2.05) is 0 Å². The van der Waals surface area contributed by atoms with Crippen molar-refractivity contribution in [1.82, 2.24) is 0 Å². The van der Waals surface area contributed by atoms with Gasteiger partial charge in [-0.1, -0.05) is 91.0 Å². The van der Waals surface area contributed by atoms with E-state index in [9.17, 15) is 13.0 Å². The van der Waals surface area contributed by atoms with Gasteiger partial charge in [0.2, 0.25) is 0 Å². The number of benzene rings is 5. The van der Waals surface area contributed by atoms with E-state index in [1.54, 1.807) is 36.4 Å². The number of hydrogen-bond acceptors (Lipinski definition) is 3. The third kappa shape index (κ3) is 5.71. The molecule has 0 atom stereocenters. The predicted molar refractivity (Wildman–Crippen MR) is 133 cm³/mol. The SMILES string of the molecule is O=S(=O)([O-])c1cccc2ccccc12.c1ccc([S+](c2ccccc2)c2ccccc2)cc1. The Kier molecular flexibility index (Phi) is 7.25. The molecule has 0 saturated carbocycles. The first-order valence-electron chi connectivity index (χ1n) is 10.4. The molecule has 0 aliphatic carbocycles. The van der Waals surface area contributed by atoms with E-state index in [4.69, 9.17) is 0 Å². The molecule has 5 aromatic rings. The van der Waals surface area contributed by atoms with Crippen molar-refractivity contribution in [3.8, 4) is 0 Å². The molecular formula is C28H22O3S2. The zero-order valence-corrected chi connectivity index (χ0v) is 19.4. The van der Waals surface area contributed by atoms with Crippen LogP contribution >= 0.6 is 0 Å². The van der Waals surface area contributed by atoms with Crippen LogP contribution in [-0.4, -0.2) is 13.0 Å². The smallest absolute Gasteiger partial charge is 0.166 e. The Morgan fingerprint density at radius 3 is 1.33 bits per heavy atom. The van der Waals surface area contributed by atoms with Gasteiger partial charge >= 0.3 is 0 Å². The van der Waals surface area contributed by atoms with E-state index in [-0.39, 0.29) is 15.8 Å². The summed E-state index contributed by atoms with van der Waals surface area (Å²) in [5.41, 5.74) is 0. The first kappa shape index (κ1) is 22.8. The van der Waals surface area contributed by atoms with E-state index in [0.29, 0.717) is 5.39 Å². The molecule has 0 heterocycles. The third-order valence-electron chi connectivity index (χ3n) is 4.96. The molecule has 0 amide bonds. The Morgan fingerprint density at radius 2 is 0.879 bits per heavy atom. The van der Waals surface area contributed by atoms with E-state index >= 15 is 0 Å². The van der Waals surface area contributed by atoms with Crippen LogP contribution in [0.3, 0.4) is 0 Å². The van der Waals surface area contributed by atoms with Crippen LogP contribution in [0.2, 0.25) is 0 Å². The van der Waals surface area contributed by atoms with E-state index < -0.39 is 10.1 Å². The van der Waals surface area contributed by atoms with Gasteiger partial charge in [-0.3, -0.25) is 0 Å². The molecule has 0 aliphatic rings. The Balaban J connectivity index is 0.000000165. The summed E-state index contributed by atoms with van der Waals surface area (Å²) in [4.78, 5) is 3.93. The van der Waals surface area contributed by atoms with Gasteiger partial charge in [-0.05, 0) is 53.2 Å². The summed E-state index contributed by atoms with van der Waals surface area (Å²) in [5.74, 6) is 0. The van der Waals surface area contributed by atoms with Crippen LogP contribution < -0.4 is 0 Å². The zero-order valence-electron chi connectivity index (χ0n) is 17.7. The molecule has 0 aromatic heterocycles. The summed E-state index contributed by atoms with van der Waals surface area (Å²) in [6.45, 7) is 0. The van der Waals surface area contributed by atoms with Crippen LogP contribution in [-0.2, 0) is 21.0 Å². The molecule has 5 aromatic carbocycles. The number of fused-ring (bicyclic) bond motifs is 1. The predicted octanol–water partition coefficient (Wildman–Crippen LogP) is 6.53. The summed E-state index contributed by atoms with van der Waals surface area (Å²) >= 11 is 0. The van der Waals surface area contributed by atoms with Crippen molar-refractivity contribution in [1.29, 1.82) is 0 Å². The zero-order chi connectivity index (χ0) is 23.1. The normalized spacial score (nSPS) is 11.1. The fourth-order valence-corrected chi connectivity index (χ4v) is 6.30. The van der Waals surface area contributed by atoms with Gasteiger partial charge in [0.1, 0.15) is 10.1 Å². The Hall–Kier alpha value is -3.38. The van der Waals surface area contributed by atoms with Crippen molar-refractivity contribution in [2.24, 2.45) is 0 Å². The van der Waals surface area contributed by atoms with E-state index in [0.717, 1.165) is 5.39 Å². The first-order valence-corrected chi connectivity index (χ1v) is 13.0. The summed E-state index contributed by atoms with van der Waals surface area (Å²) in [7, 11) is -4.39. The monoisotopic (exact) mass is 470 g/mol. The lowest BCUT2D eigenvalue weighted by molar-refractivity contribution is 0.464. The fourth-order valence-electron chi connectivity index (χ4n) is 3.49. The van der Waals surface area contributed by atoms with Crippen LogP contribution in [0.25, 0.3) is 10.8 Å². The molecule has 0 N–H and O–H groups in total. The maximum absolute atomic E-state index is 10.9. The van der Waals surface area contributed by atoms with Crippen molar-refractivity contribution >= 4 is 31.8 Å². The molecule has 33 heavy (non-hydrogen) atoms. The second-order valence-electron chi connectivity index (χ2n) is 7.18. The summed E-state index contributed by atoms with van der Waals surface area (Å²) in [5, 5.41) is 1.23. The fraction of sp³-hybridized carbons (Fsp3) is 0. The lowest BCUT2D eigenvalue weighted by atomic mass is 10.1. The molecular weight excluding hydrogens is 448 g/mol. The highest BCUT2D eigenvalue weighted by Gasteiger charge is 2.27. The molecule has 0 unspecified atom stereocenters. The minimum absolute atomic E-state index is 0.0146. The lowest BCUT2D eigenvalue weighted by Crippen LogP contribution is -2.04. The largest absolute Gasteiger partial charge is 0.744 e. The highest BCUT2D eigenvalue weighted by molar-refractivity contribution is 7.97. The van der Waals surface area contributed by atoms with Gasteiger partial charge in [0.05, 0.1) is 15.8 Å².